The van der Waals surface area contributed by atoms with E-state index in [0.29, 0.717) is 29.4 Å². The molecule has 0 spiro atoms. The van der Waals surface area contributed by atoms with E-state index in [4.69, 9.17) is 0 Å². The summed E-state index contributed by atoms with van der Waals surface area (Å²) in [6.45, 7) is 8.39. The Hall–Kier alpha value is -2.32. The Morgan fingerprint density at radius 1 is 1.23 bits per heavy atom. The van der Waals surface area contributed by atoms with Crippen LogP contribution in [-0.2, 0) is 11.2 Å². The number of anilines is 1. The molecule has 1 saturated heterocycles. The molecule has 2 amide bonds. The maximum absolute atomic E-state index is 12.3. The van der Waals surface area contributed by atoms with Crippen molar-refractivity contribution in [3.8, 4) is 0 Å². The Labute approximate surface area is 182 Å². The second-order valence-corrected chi connectivity index (χ2v) is 9.13. The molecule has 2 heterocycles. The van der Waals surface area contributed by atoms with Crippen LogP contribution in [0.25, 0.3) is 0 Å². The second kappa shape index (κ2) is 11.2. The molecular weight excluding hydrogens is 398 g/mol. The molecule has 1 aromatic heterocycles. The Kier molecular flexibility index (Phi) is 8.33. The number of benzene rings is 1. The van der Waals surface area contributed by atoms with Crippen molar-refractivity contribution in [2.24, 2.45) is 5.92 Å². The lowest BCUT2D eigenvalue weighted by Crippen LogP contribution is -2.36. The molecule has 1 atom stereocenters. The van der Waals surface area contributed by atoms with Gasteiger partial charge in [0.1, 0.15) is 5.01 Å². The summed E-state index contributed by atoms with van der Waals surface area (Å²) in [4.78, 5) is 26.9. The third kappa shape index (κ3) is 7.18. The topological polar surface area (TPSA) is 87.2 Å². The summed E-state index contributed by atoms with van der Waals surface area (Å²) in [6.07, 6.45) is 4.43. The van der Waals surface area contributed by atoms with Gasteiger partial charge in [-0.25, -0.2) is 0 Å². The maximum atomic E-state index is 12.3. The van der Waals surface area contributed by atoms with Gasteiger partial charge in [-0.2, -0.15) is 0 Å². The minimum absolute atomic E-state index is 0.0165. The van der Waals surface area contributed by atoms with Crippen LogP contribution in [0.2, 0.25) is 0 Å². The van der Waals surface area contributed by atoms with E-state index in [2.05, 4.69) is 32.7 Å². The van der Waals surface area contributed by atoms with E-state index in [1.807, 2.05) is 31.2 Å². The number of nitrogens with zero attached hydrogens (tertiary/aromatic N) is 3. The molecule has 0 radical (unpaired) electrons. The largest absolute Gasteiger partial charge is 0.356 e. The first kappa shape index (κ1) is 22.4. The van der Waals surface area contributed by atoms with Crippen LogP contribution < -0.4 is 10.6 Å². The van der Waals surface area contributed by atoms with Crippen LogP contribution in [0.15, 0.2) is 24.3 Å². The molecule has 8 heteroatoms. The molecule has 2 N–H and O–H groups in total. The lowest BCUT2D eigenvalue weighted by molar-refractivity contribution is -0.121. The Balaban J connectivity index is 1.33. The molecule has 1 aliphatic rings. The molecule has 0 saturated carbocycles. The van der Waals surface area contributed by atoms with Crippen LogP contribution in [0.5, 0.6) is 0 Å². The highest BCUT2D eigenvalue weighted by molar-refractivity contribution is 7.13. The smallest absolute Gasteiger partial charge is 0.286 e. The van der Waals surface area contributed by atoms with Gasteiger partial charge < -0.3 is 15.5 Å². The van der Waals surface area contributed by atoms with E-state index < -0.39 is 0 Å². The summed E-state index contributed by atoms with van der Waals surface area (Å²) in [5.74, 6) is 0.520. The fourth-order valence-corrected chi connectivity index (χ4v) is 4.33. The lowest BCUT2D eigenvalue weighted by Gasteiger charge is -2.30. The van der Waals surface area contributed by atoms with Crippen LogP contribution in [0.1, 0.15) is 53.0 Å². The number of hydrogen-bond donors (Lipinski definition) is 2. The summed E-state index contributed by atoms with van der Waals surface area (Å²) in [5, 5.41) is 14.8. The van der Waals surface area contributed by atoms with Crippen molar-refractivity contribution in [3.05, 3.63) is 39.8 Å². The van der Waals surface area contributed by atoms with Gasteiger partial charge >= 0.3 is 0 Å². The fraction of sp³-hybridized carbons (Fsp3) is 0.545. The van der Waals surface area contributed by atoms with Crippen LogP contribution in [-0.4, -0.2) is 53.1 Å². The van der Waals surface area contributed by atoms with Gasteiger partial charge in [-0.05, 0) is 57.3 Å². The van der Waals surface area contributed by atoms with E-state index in [-0.39, 0.29) is 11.8 Å². The van der Waals surface area contributed by atoms with Crippen molar-refractivity contribution < 1.29 is 9.59 Å². The van der Waals surface area contributed by atoms with Crippen molar-refractivity contribution in [1.82, 2.24) is 20.4 Å². The number of aromatic nitrogens is 2. The number of amides is 2. The SMILES string of the molecule is Cc1ccc(NC(=O)c2nnc(CCC(=O)NCCCN3CCCC(C)C3)s2)cc1. The van der Waals surface area contributed by atoms with Crippen LogP contribution >= 0.6 is 11.3 Å². The molecule has 162 valence electrons. The van der Waals surface area contributed by atoms with Gasteiger partial charge in [0.05, 0.1) is 0 Å². The number of nitrogens with one attached hydrogen (secondary N) is 2. The van der Waals surface area contributed by atoms with Crippen LogP contribution in [0.3, 0.4) is 0 Å². The summed E-state index contributed by atoms with van der Waals surface area (Å²) >= 11 is 1.23. The van der Waals surface area contributed by atoms with Gasteiger partial charge in [0.2, 0.25) is 10.9 Å². The van der Waals surface area contributed by atoms with Crippen molar-refractivity contribution in [3.63, 3.8) is 0 Å². The Morgan fingerprint density at radius 2 is 2.03 bits per heavy atom. The van der Waals surface area contributed by atoms with Gasteiger partial charge in [0.15, 0.2) is 0 Å². The number of hydrogen-bond acceptors (Lipinski definition) is 6. The first-order valence-corrected chi connectivity index (χ1v) is 11.5. The summed E-state index contributed by atoms with van der Waals surface area (Å²) in [7, 11) is 0. The van der Waals surface area contributed by atoms with Crippen molar-refractivity contribution in [2.45, 2.75) is 46.0 Å². The minimum atomic E-state index is -0.279. The normalized spacial score (nSPS) is 16.9. The molecule has 1 fully saturated rings. The van der Waals surface area contributed by atoms with E-state index in [1.54, 1.807) is 0 Å². The fourth-order valence-electron chi connectivity index (χ4n) is 3.60. The monoisotopic (exact) mass is 429 g/mol. The molecule has 30 heavy (non-hydrogen) atoms. The maximum Gasteiger partial charge on any atom is 0.286 e. The standard InChI is InChI=1S/C22H31N5O2S/c1-16-6-8-18(9-7-16)24-21(29)22-26-25-20(30-22)11-10-19(28)23-12-4-14-27-13-3-5-17(2)15-27/h6-9,17H,3-5,10-15H2,1-2H3,(H,23,28)(H,24,29). The zero-order valence-electron chi connectivity index (χ0n) is 17.8. The van der Waals surface area contributed by atoms with Crippen LogP contribution in [0.4, 0.5) is 5.69 Å². The number of piperidine rings is 1. The zero-order valence-corrected chi connectivity index (χ0v) is 18.6. The molecular formula is C22H31N5O2S. The Morgan fingerprint density at radius 3 is 2.80 bits per heavy atom. The molecule has 3 rings (SSSR count). The number of likely N-dealkylation sites (tertiary alicyclic amines) is 1. The molecule has 2 aromatic rings. The van der Waals surface area contributed by atoms with Crippen molar-refractivity contribution in [1.29, 1.82) is 0 Å². The number of aryl methyl sites for hydroxylation is 2. The minimum Gasteiger partial charge on any atom is -0.356 e. The van der Waals surface area contributed by atoms with Gasteiger partial charge in [0.25, 0.3) is 5.91 Å². The number of carbonyl (C=O) groups is 2. The molecule has 0 aliphatic carbocycles. The third-order valence-corrected chi connectivity index (χ3v) is 6.23. The summed E-state index contributed by atoms with van der Waals surface area (Å²) in [5.41, 5.74) is 1.85. The highest BCUT2D eigenvalue weighted by Crippen LogP contribution is 2.16. The van der Waals surface area contributed by atoms with E-state index in [1.165, 1.54) is 37.3 Å². The number of rotatable bonds is 9. The quantitative estimate of drug-likeness (QED) is 0.598. The van der Waals surface area contributed by atoms with E-state index >= 15 is 0 Å². The third-order valence-electron chi connectivity index (χ3n) is 5.25. The molecule has 1 aromatic carbocycles. The molecule has 1 unspecified atom stereocenters. The van der Waals surface area contributed by atoms with E-state index in [0.717, 1.165) is 30.1 Å². The lowest BCUT2D eigenvalue weighted by atomic mass is 10.0. The van der Waals surface area contributed by atoms with Crippen molar-refractivity contribution >= 4 is 28.8 Å². The van der Waals surface area contributed by atoms with Gasteiger partial charge in [0, 0.05) is 31.6 Å². The van der Waals surface area contributed by atoms with Crippen molar-refractivity contribution in [2.75, 3.05) is 31.5 Å². The summed E-state index contributed by atoms with van der Waals surface area (Å²) < 4.78 is 0. The molecule has 0 bridgehead atoms. The zero-order chi connectivity index (χ0) is 21.3. The highest BCUT2D eigenvalue weighted by Gasteiger charge is 2.16. The van der Waals surface area contributed by atoms with E-state index in [9.17, 15) is 9.59 Å². The van der Waals surface area contributed by atoms with Gasteiger partial charge in [-0.15, -0.1) is 10.2 Å². The second-order valence-electron chi connectivity index (χ2n) is 8.07. The molecule has 7 nitrogen and oxygen atoms in total. The molecule has 1 aliphatic heterocycles. The first-order chi connectivity index (χ1) is 14.5. The number of carbonyl (C=O) groups excluding carboxylic acids is 2. The average Bonchev–Trinajstić information content (AvgIpc) is 3.21. The van der Waals surface area contributed by atoms with Gasteiger partial charge in [-0.3, -0.25) is 9.59 Å². The Bertz CT molecular complexity index is 836. The highest BCUT2D eigenvalue weighted by atomic mass is 32.1. The predicted octanol–water partition coefficient (Wildman–Crippen LogP) is 3.27. The van der Waals surface area contributed by atoms with Gasteiger partial charge in [-0.1, -0.05) is 36.0 Å². The first-order valence-electron chi connectivity index (χ1n) is 10.7. The summed E-state index contributed by atoms with van der Waals surface area (Å²) in [6, 6.07) is 7.58. The predicted molar refractivity (Wildman–Crippen MR) is 120 cm³/mol. The average molecular weight is 430 g/mol. The van der Waals surface area contributed by atoms with Crippen LogP contribution in [0, 0.1) is 12.8 Å².